The third-order valence-electron chi connectivity index (χ3n) is 5.38. The lowest BCUT2D eigenvalue weighted by atomic mass is 10.1. The molecule has 7 heteroatoms. The van der Waals surface area contributed by atoms with E-state index in [1.54, 1.807) is 29.7 Å². The topological polar surface area (TPSA) is 90.3 Å². The minimum absolute atomic E-state index is 0.0565. The van der Waals surface area contributed by atoms with Crippen molar-refractivity contribution in [3.8, 4) is 0 Å². The molecule has 1 aliphatic heterocycles. The molecule has 0 radical (unpaired) electrons. The first-order valence-corrected chi connectivity index (χ1v) is 10.1. The molecule has 1 fully saturated rings. The minimum atomic E-state index is -0.863. The average Bonchev–Trinajstić information content (AvgIpc) is 3.46. The van der Waals surface area contributed by atoms with Gasteiger partial charge in [-0.2, -0.15) is 0 Å². The molecule has 1 aliphatic carbocycles. The fraction of sp³-hybridized carbons (Fsp3) is 0.524. The third-order valence-corrected chi connectivity index (χ3v) is 5.38. The Morgan fingerprint density at radius 1 is 1.21 bits per heavy atom. The molecule has 0 spiro atoms. The van der Waals surface area contributed by atoms with E-state index in [1.165, 1.54) is 0 Å². The highest BCUT2D eigenvalue weighted by molar-refractivity contribution is 5.95. The number of benzene rings is 1. The molecule has 1 saturated carbocycles. The highest BCUT2D eigenvalue weighted by atomic mass is 16.5. The van der Waals surface area contributed by atoms with Crippen molar-refractivity contribution >= 4 is 22.8 Å². The minimum Gasteiger partial charge on any atom is -0.449 e. The van der Waals surface area contributed by atoms with E-state index in [-0.39, 0.29) is 17.5 Å². The van der Waals surface area contributed by atoms with Crippen molar-refractivity contribution in [1.82, 2.24) is 14.9 Å². The van der Waals surface area contributed by atoms with Gasteiger partial charge in [0, 0.05) is 19.0 Å². The van der Waals surface area contributed by atoms with Crippen LogP contribution in [0, 0.1) is 0 Å². The molecule has 0 unspecified atom stereocenters. The van der Waals surface area contributed by atoms with Crippen molar-refractivity contribution in [1.29, 1.82) is 0 Å². The quantitative estimate of drug-likeness (QED) is 0.819. The maximum absolute atomic E-state index is 12.8. The number of carbonyl (C=O) groups excluding carboxylic acids is 2. The lowest BCUT2D eigenvalue weighted by molar-refractivity contribution is -0.129. The van der Waals surface area contributed by atoms with Crippen LogP contribution < -0.4 is 10.9 Å². The molecule has 1 aromatic heterocycles. The van der Waals surface area contributed by atoms with E-state index in [9.17, 15) is 14.4 Å². The van der Waals surface area contributed by atoms with Gasteiger partial charge in [0.1, 0.15) is 5.82 Å². The van der Waals surface area contributed by atoms with Crippen LogP contribution in [-0.2, 0) is 22.5 Å². The Morgan fingerprint density at radius 3 is 2.79 bits per heavy atom. The number of nitrogens with one attached hydrogen (secondary N) is 1. The van der Waals surface area contributed by atoms with Crippen molar-refractivity contribution in [3.05, 3.63) is 39.9 Å². The Bertz CT molecular complexity index is 978. The Kier molecular flexibility index (Phi) is 5.15. The number of hydrogen-bond donors (Lipinski definition) is 1. The first kappa shape index (κ1) is 18.7. The van der Waals surface area contributed by atoms with Gasteiger partial charge in [-0.3, -0.25) is 14.2 Å². The molecule has 7 nitrogen and oxygen atoms in total. The summed E-state index contributed by atoms with van der Waals surface area (Å²) >= 11 is 0. The average molecular weight is 383 g/mol. The number of ether oxygens (including phenoxy) is 1. The monoisotopic (exact) mass is 383 g/mol. The summed E-state index contributed by atoms with van der Waals surface area (Å²) in [5, 5.41) is 3.32. The second-order valence-electron chi connectivity index (χ2n) is 7.71. The molecule has 0 bridgehead atoms. The largest absolute Gasteiger partial charge is 0.449 e. The highest BCUT2D eigenvalue weighted by Crippen LogP contribution is 2.19. The maximum atomic E-state index is 12.8. The fourth-order valence-corrected chi connectivity index (χ4v) is 3.55. The Hall–Kier alpha value is -2.70. The van der Waals surface area contributed by atoms with Gasteiger partial charge in [0.2, 0.25) is 0 Å². The molecule has 28 heavy (non-hydrogen) atoms. The zero-order valence-corrected chi connectivity index (χ0v) is 16.1. The molecule has 148 valence electrons. The van der Waals surface area contributed by atoms with Crippen LogP contribution in [0.5, 0.6) is 0 Å². The Labute approximate surface area is 163 Å². The summed E-state index contributed by atoms with van der Waals surface area (Å²) in [5.74, 6) is -0.0942. The Balaban J connectivity index is 1.58. The fourth-order valence-electron chi connectivity index (χ4n) is 3.55. The number of aromatic nitrogens is 2. The van der Waals surface area contributed by atoms with E-state index < -0.39 is 12.1 Å². The summed E-state index contributed by atoms with van der Waals surface area (Å²) in [7, 11) is 0. The number of nitrogens with zero attached hydrogens (tertiary/aromatic N) is 2. The van der Waals surface area contributed by atoms with E-state index >= 15 is 0 Å². The van der Waals surface area contributed by atoms with Gasteiger partial charge in [-0.1, -0.05) is 12.8 Å². The SMILES string of the molecule is C[C@@H](OC(=O)c1ccc2c(=O)n3c(nc2c1)CCCCCC3)C(=O)NC1CC1. The maximum Gasteiger partial charge on any atom is 0.338 e. The molecule has 2 aromatic rings. The van der Waals surface area contributed by atoms with E-state index in [0.29, 0.717) is 23.0 Å². The van der Waals surface area contributed by atoms with Crippen LogP contribution in [0.4, 0.5) is 0 Å². The van der Waals surface area contributed by atoms with Crippen molar-refractivity contribution in [2.45, 2.75) is 70.6 Å². The zero-order chi connectivity index (χ0) is 19.7. The van der Waals surface area contributed by atoms with Crippen molar-refractivity contribution < 1.29 is 14.3 Å². The third kappa shape index (κ3) is 3.93. The molecular formula is C21H25N3O4. The van der Waals surface area contributed by atoms with Crippen LogP contribution in [0.2, 0.25) is 0 Å². The molecule has 1 aromatic carbocycles. The normalized spacial score (nSPS) is 17.9. The van der Waals surface area contributed by atoms with E-state index in [1.807, 2.05) is 0 Å². The van der Waals surface area contributed by atoms with Crippen molar-refractivity contribution in [3.63, 3.8) is 0 Å². The Morgan fingerprint density at radius 2 is 2.00 bits per heavy atom. The van der Waals surface area contributed by atoms with Gasteiger partial charge in [-0.15, -0.1) is 0 Å². The zero-order valence-electron chi connectivity index (χ0n) is 16.1. The lowest BCUT2D eigenvalue weighted by Crippen LogP contribution is -2.37. The number of carbonyl (C=O) groups is 2. The number of esters is 1. The molecule has 4 rings (SSSR count). The standard InChI is InChI=1S/C21H25N3O4/c1-13(19(25)22-15-8-9-15)28-21(27)14-7-10-16-17(12-14)23-18-6-4-2-3-5-11-24(18)20(16)26/h7,10,12-13,15H,2-6,8-9,11H2,1H3,(H,22,25)/t13-/m1/s1. The summed E-state index contributed by atoms with van der Waals surface area (Å²) in [6, 6.07) is 4.99. The first-order valence-electron chi connectivity index (χ1n) is 10.1. The van der Waals surface area contributed by atoms with Crippen molar-refractivity contribution in [2.75, 3.05) is 0 Å². The van der Waals surface area contributed by atoms with Crippen LogP contribution in [0.25, 0.3) is 10.9 Å². The van der Waals surface area contributed by atoms with Gasteiger partial charge in [-0.05, 0) is 50.8 Å². The van der Waals surface area contributed by atoms with Crippen LogP contribution in [0.3, 0.4) is 0 Å². The molecule has 2 heterocycles. The van der Waals surface area contributed by atoms with Gasteiger partial charge in [0.15, 0.2) is 6.10 Å². The summed E-state index contributed by atoms with van der Waals surface area (Å²) in [6.45, 7) is 2.25. The summed E-state index contributed by atoms with van der Waals surface area (Å²) < 4.78 is 7.06. The van der Waals surface area contributed by atoms with Crippen LogP contribution in [0.15, 0.2) is 23.0 Å². The molecular weight excluding hydrogens is 358 g/mol. The summed E-state index contributed by atoms with van der Waals surface area (Å²) in [5.41, 5.74) is 0.738. The van der Waals surface area contributed by atoms with Gasteiger partial charge < -0.3 is 10.1 Å². The molecule has 0 saturated heterocycles. The second kappa shape index (κ2) is 7.73. The summed E-state index contributed by atoms with van der Waals surface area (Å²) in [6.07, 6.45) is 6.10. The smallest absolute Gasteiger partial charge is 0.338 e. The predicted molar refractivity (Wildman–Crippen MR) is 104 cm³/mol. The molecule has 1 atom stereocenters. The van der Waals surface area contributed by atoms with Gasteiger partial charge in [0.05, 0.1) is 16.5 Å². The van der Waals surface area contributed by atoms with Crippen LogP contribution in [-0.4, -0.2) is 33.6 Å². The van der Waals surface area contributed by atoms with Crippen LogP contribution >= 0.6 is 0 Å². The van der Waals surface area contributed by atoms with Gasteiger partial charge in [0.25, 0.3) is 11.5 Å². The number of amides is 1. The lowest BCUT2D eigenvalue weighted by Gasteiger charge is -2.16. The highest BCUT2D eigenvalue weighted by Gasteiger charge is 2.27. The van der Waals surface area contributed by atoms with Crippen LogP contribution in [0.1, 0.15) is 61.6 Å². The van der Waals surface area contributed by atoms with E-state index in [4.69, 9.17) is 4.74 Å². The number of aryl methyl sites for hydroxylation is 1. The second-order valence-corrected chi connectivity index (χ2v) is 7.71. The van der Waals surface area contributed by atoms with Crippen molar-refractivity contribution in [2.24, 2.45) is 0 Å². The van der Waals surface area contributed by atoms with Gasteiger partial charge >= 0.3 is 5.97 Å². The first-order chi connectivity index (χ1) is 13.5. The van der Waals surface area contributed by atoms with E-state index in [0.717, 1.165) is 50.8 Å². The predicted octanol–water partition coefficient (Wildman–Crippen LogP) is 2.34. The number of hydrogen-bond acceptors (Lipinski definition) is 5. The van der Waals surface area contributed by atoms with E-state index in [2.05, 4.69) is 10.3 Å². The molecule has 2 aliphatic rings. The number of fused-ring (bicyclic) bond motifs is 2. The molecule has 1 N–H and O–H groups in total. The van der Waals surface area contributed by atoms with Gasteiger partial charge in [-0.25, -0.2) is 9.78 Å². The number of rotatable bonds is 4. The summed E-state index contributed by atoms with van der Waals surface area (Å²) in [4.78, 5) is 42.0. The molecule has 1 amide bonds.